The van der Waals surface area contributed by atoms with Crippen LogP contribution in [0.5, 0.6) is 5.75 Å². The number of amides is 1. The quantitative estimate of drug-likeness (QED) is 0.385. The number of aromatic nitrogens is 4. The second-order valence-corrected chi connectivity index (χ2v) is 8.70. The summed E-state index contributed by atoms with van der Waals surface area (Å²) in [4.78, 5) is 19.6. The number of benzene rings is 2. The zero-order chi connectivity index (χ0) is 23.5. The van der Waals surface area contributed by atoms with E-state index in [1.165, 1.54) is 5.56 Å². The van der Waals surface area contributed by atoms with Gasteiger partial charge in [0.05, 0.1) is 24.7 Å². The van der Waals surface area contributed by atoms with Crippen molar-refractivity contribution in [1.82, 2.24) is 24.6 Å². The predicted molar refractivity (Wildman–Crippen MR) is 131 cm³/mol. The molecule has 7 heteroatoms. The van der Waals surface area contributed by atoms with E-state index in [2.05, 4.69) is 65.4 Å². The summed E-state index contributed by atoms with van der Waals surface area (Å²) in [6.45, 7) is 6.27. The first-order valence-electron chi connectivity index (χ1n) is 11.8. The summed E-state index contributed by atoms with van der Waals surface area (Å²) in [5.74, 6) is 0.829. The zero-order valence-electron chi connectivity index (χ0n) is 19.6. The number of imidazole rings is 1. The third-order valence-electron chi connectivity index (χ3n) is 6.23. The van der Waals surface area contributed by atoms with Gasteiger partial charge in [-0.25, -0.2) is 4.98 Å². The van der Waals surface area contributed by atoms with Crippen molar-refractivity contribution in [3.05, 3.63) is 89.6 Å². The van der Waals surface area contributed by atoms with Gasteiger partial charge in [0.25, 0.3) is 5.91 Å². The molecule has 3 heterocycles. The van der Waals surface area contributed by atoms with Crippen LogP contribution >= 0.6 is 0 Å². The van der Waals surface area contributed by atoms with E-state index in [0.29, 0.717) is 18.8 Å². The Morgan fingerprint density at radius 1 is 1.06 bits per heavy atom. The third kappa shape index (κ3) is 4.21. The van der Waals surface area contributed by atoms with Crippen LogP contribution in [0.3, 0.4) is 0 Å². The minimum absolute atomic E-state index is 0.0113. The van der Waals surface area contributed by atoms with Crippen LogP contribution in [0.15, 0.2) is 67.3 Å². The normalized spacial score (nSPS) is 15.1. The lowest BCUT2D eigenvalue weighted by molar-refractivity contribution is 0.0739. The Morgan fingerprint density at radius 3 is 2.56 bits per heavy atom. The fraction of sp³-hybridized carbons (Fsp3) is 0.296. The fourth-order valence-electron chi connectivity index (χ4n) is 4.51. The van der Waals surface area contributed by atoms with Gasteiger partial charge in [0.1, 0.15) is 11.4 Å². The molecule has 1 N–H and O–H groups in total. The van der Waals surface area contributed by atoms with E-state index in [-0.39, 0.29) is 11.9 Å². The highest BCUT2D eigenvalue weighted by Crippen LogP contribution is 2.43. The molecule has 2 aromatic carbocycles. The molecule has 174 valence electrons. The highest BCUT2D eigenvalue weighted by molar-refractivity contribution is 6.00. The summed E-state index contributed by atoms with van der Waals surface area (Å²) in [7, 11) is 0. The molecule has 0 spiro atoms. The molecule has 0 aliphatic carbocycles. The molecule has 1 amide bonds. The molecule has 0 saturated carbocycles. The molecule has 5 rings (SSSR count). The Labute approximate surface area is 199 Å². The van der Waals surface area contributed by atoms with Gasteiger partial charge in [-0.15, -0.1) is 0 Å². The lowest BCUT2D eigenvalue weighted by atomic mass is 9.95. The lowest BCUT2D eigenvalue weighted by Gasteiger charge is -2.26. The maximum absolute atomic E-state index is 13.5. The first kappa shape index (κ1) is 21.9. The Kier molecular flexibility index (Phi) is 6.16. The number of fused-ring (bicyclic) bond motifs is 1. The maximum atomic E-state index is 13.5. The summed E-state index contributed by atoms with van der Waals surface area (Å²) in [6.07, 6.45) is 7.31. The van der Waals surface area contributed by atoms with Crippen molar-refractivity contribution >= 4 is 5.91 Å². The molecule has 7 nitrogen and oxygen atoms in total. The van der Waals surface area contributed by atoms with Crippen LogP contribution in [0.25, 0.3) is 11.3 Å². The van der Waals surface area contributed by atoms with Crippen molar-refractivity contribution in [1.29, 1.82) is 0 Å². The number of aromatic amines is 1. The van der Waals surface area contributed by atoms with E-state index >= 15 is 0 Å². The van der Waals surface area contributed by atoms with Crippen molar-refractivity contribution < 1.29 is 9.53 Å². The van der Waals surface area contributed by atoms with Gasteiger partial charge in [0.15, 0.2) is 0 Å². The van der Waals surface area contributed by atoms with E-state index in [4.69, 9.17) is 4.74 Å². The van der Waals surface area contributed by atoms with E-state index in [1.807, 2.05) is 27.8 Å². The molecule has 2 aromatic heterocycles. The van der Waals surface area contributed by atoms with Gasteiger partial charge in [-0.2, -0.15) is 5.10 Å². The van der Waals surface area contributed by atoms with Crippen LogP contribution in [0, 0.1) is 6.92 Å². The fourth-order valence-corrected chi connectivity index (χ4v) is 4.51. The average Bonchev–Trinajstić information content (AvgIpc) is 3.58. The van der Waals surface area contributed by atoms with Crippen LogP contribution < -0.4 is 4.74 Å². The molecule has 4 aromatic rings. The summed E-state index contributed by atoms with van der Waals surface area (Å²) in [6, 6.07) is 16.2. The van der Waals surface area contributed by atoms with E-state index < -0.39 is 0 Å². The lowest BCUT2D eigenvalue weighted by Crippen LogP contribution is -2.31. The SMILES string of the molecule is CCCOc1ccc(C2c3c(-c4ccc(C)cc4)n[nH]c3C(=O)N2CCCn2ccnc2)cc1. The molecule has 0 bridgehead atoms. The standard InChI is InChI=1S/C27H29N5O2/c1-3-17-34-22-11-9-21(10-12-22)26-23-24(20-7-5-19(2)6-8-20)29-30-25(23)27(33)32(26)15-4-14-31-16-13-28-18-31/h5-13,16,18,26H,3-4,14-15,17H2,1-2H3,(H,29,30). The monoisotopic (exact) mass is 455 g/mol. The molecule has 0 radical (unpaired) electrons. The molecule has 1 atom stereocenters. The van der Waals surface area contributed by atoms with Crippen molar-refractivity contribution in [3.63, 3.8) is 0 Å². The first-order valence-corrected chi connectivity index (χ1v) is 11.8. The van der Waals surface area contributed by atoms with Crippen molar-refractivity contribution in [2.45, 2.75) is 39.3 Å². The molecule has 1 aliphatic heterocycles. The number of H-pyrrole nitrogens is 1. The van der Waals surface area contributed by atoms with Gasteiger partial charge >= 0.3 is 0 Å². The number of hydrogen-bond donors (Lipinski definition) is 1. The van der Waals surface area contributed by atoms with Gasteiger partial charge in [0, 0.05) is 36.6 Å². The van der Waals surface area contributed by atoms with E-state index in [0.717, 1.165) is 47.5 Å². The Balaban J connectivity index is 1.49. The summed E-state index contributed by atoms with van der Waals surface area (Å²) >= 11 is 0. The van der Waals surface area contributed by atoms with Crippen molar-refractivity contribution in [3.8, 4) is 17.0 Å². The number of carbonyl (C=O) groups is 1. The second kappa shape index (κ2) is 9.55. The molecule has 34 heavy (non-hydrogen) atoms. The Hall–Kier alpha value is -3.87. The summed E-state index contributed by atoms with van der Waals surface area (Å²) in [5, 5.41) is 7.61. The smallest absolute Gasteiger partial charge is 0.273 e. The number of rotatable bonds is 9. The van der Waals surface area contributed by atoms with Gasteiger partial charge < -0.3 is 14.2 Å². The third-order valence-corrected chi connectivity index (χ3v) is 6.23. The minimum Gasteiger partial charge on any atom is -0.494 e. The van der Waals surface area contributed by atoms with Crippen LogP contribution in [-0.4, -0.2) is 43.7 Å². The average molecular weight is 456 g/mol. The number of aryl methyl sites for hydroxylation is 2. The van der Waals surface area contributed by atoms with Crippen molar-refractivity contribution in [2.24, 2.45) is 0 Å². The summed E-state index contributed by atoms with van der Waals surface area (Å²) < 4.78 is 7.81. The van der Waals surface area contributed by atoms with E-state index in [1.54, 1.807) is 12.5 Å². The minimum atomic E-state index is -0.208. The first-order chi connectivity index (χ1) is 16.7. The molecular formula is C27H29N5O2. The van der Waals surface area contributed by atoms with Gasteiger partial charge in [-0.3, -0.25) is 9.89 Å². The number of nitrogens with one attached hydrogen (secondary N) is 1. The summed E-state index contributed by atoms with van der Waals surface area (Å²) in [5.41, 5.74) is 5.59. The molecule has 0 saturated heterocycles. The molecule has 1 unspecified atom stereocenters. The second-order valence-electron chi connectivity index (χ2n) is 8.70. The van der Waals surface area contributed by atoms with Crippen LogP contribution in [0.1, 0.15) is 53.0 Å². The number of carbonyl (C=O) groups excluding carboxylic acids is 1. The number of nitrogens with zero attached hydrogens (tertiary/aromatic N) is 4. The van der Waals surface area contributed by atoms with Crippen molar-refractivity contribution in [2.75, 3.05) is 13.2 Å². The molecule has 1 aliphatic rings. The largest absolute Gasteiger partial charge is 0.494 e. The van der Waals surface area contributed by atoms with Gasteiger partial charge in [-0.1, -0.05) is 48.9 Å². The van der Waals surface area contributed by atoms with Gasteiger partial charge in [-0.05, 0) is 37.5 Å². The van der Waals surface area contributed by atoms with Crippen LogP contribution in [0.4, 0.5) is 0 Å². The molecule has 0 fully saturated rings. The molecular weight excluding hydrogens is 426 g/mol. The van der Waals surface area contributed by atoms with Gasteiger partial charge in [0.2, 0.25) is 0 Å². The number of hydrogen-bond acceptors (Lipinski definition) is 4. The highest BCUT2D eigenvalue weighted by atomic mass is 16.5. The Bertz CT molecular complexity index is 1240. The topological polar surface area (TPSA) is 76.0 Å². The Morgan fingerprint density at radius 2 is 1.85 bits per heavy atom. The zero-order valence-corrected chi connectivity index (χ0v) is 19.6. The maximum Gasteiger partial charge on any atom is 0.273 e. The predicted octanol–water partition coefficient (Wildman–Crippen LogP) is 5.01. The van der Waals surface area contributed by atoms with E-state index in [9.17, 15) is 4.79 Å². The van der Waals surface area contributed by atoms with Crippen LogP contribution in [-0.2, 0) is 6.54 Å². The number of ether oxygens (including phenoxy) is 1. The van der Waals surface area contributed by atoms with Crippen LogP contribution in [0.2, 0.25) is 0 Å². The highest BCUT2D eigenvalue weighted by Gasteiger charge is 2.41.